The van der Waals surface area contributed by atoms with Crippen molar-refractivity contribution in [1.29, 1.82) is 0 Å². The summed E-state index contributed by atoms with van der Waals surface area (Å²) < 4.78 is 0. The van der Waals surface area contributed by atoms with E-state index in [0.717, 1.165) is 32.0 Å². The average Bonchev–Trinajstić information content (AvgIpc) is 3.16. The lowest BCUT2D eigenvalue weighted by Crippen LogP contribution is -2.44. The summed E-state index contributed by atoms with van der Waals surface area (Å²) in [7, 11) is 1.67. The third-order valence-corrected chi connectivity index (χ3v) is 6.79. The van der Waals surface area contributed by atoms with E-state index in [9.17, 15) is 4.79 Å². The van der Waals surface area contributed by atoms with Crippen LogP contribution in [0.4, 0.5) is 5.82 Å². The van der Waals surface area contributed by atoms with Crippen LogP contribution in [-0.2, 0) is 6.54 Å². The highest BCUT2D eigenvalue weighted by molar-refractivity contribution is 5.94. The molecule has 1 spiro atoms. The molecule has 2 fully saturated rings. The zero-order chi connectivity index (χ0) is 21.1. The Morgan fingerprint density at radius 2 is 1.93 bits per heavy atom. The third kappa shape index (κ3) is 4.51. The minimum Gasteiger partial charge on any atom is -0.356 e. The van der Waals surface area contributed by atoms with Crippen LogP contribution in [0.3, 0.4) is 0 Å². The number of piperidine rings is 1. The summed E-state index contributed by atoms with van der Waals surface area (Å²) in [5, 5.41) is 2.70. The van der Waals surface area contributed by atoms with Gasteiger partial charge in [0.1, 0.15) is 5.82 Å². The van der Waals surface area contributed by atoms with E-state index in [4.69, 9.17) is 0 Å². The molecule has 2 aliphatic rings. The molecule has 1 amide bonds. The van der Waals surface area contributed by atoms with Gasteiger partial charge in [-0.15, -0.1) is 0 Å². The average molecular weight is 407 g/mol. The Kier molecular flexibility index (Phi) is 6.09. The maximum absolute atomic E-state index is 12.0. The number of hydrogen-bond donors (Lipinski definition) is 1. The minimum atomic E-state index is -0.0557. The molecule has 5 heteroatoms. The molecule has 2 aliphatic heterocycles. The summed E-state index contributed by atoms with van der Waals surface area (Å²) in [6.07, 6.45) is 5.48. The van der Waals surface area contributed by atoms with Crippen LogP contribution in [0.15, 0.2) is 42.6 Å². The second kappa shape index (κ2) is 8.76. The van der Waals surface area contributed by atoms with E-state index in [2.05, 4.69) is 58.2 Å². The number of amides is 1. The Morgan fingerprint density at radius 3 is 2.67 bits per heavy atom. The standard InChI is InChI=1S/C25H34N4O/c1-19(2)21-7-5-20(6-8-21)16-28-13-4-10-25(17-28)11-14-29(18-25)23-15-22(9-12-27-23)24(30)26-3/h5-9,12,15,19H,4,10-11,13-14,16-18H2,1-3H3,(H,26,30)/t25-/m0/s1. The summed E-state index contributed by atoms with van der Waals surface area (Å²) in [5.41, 5.74) is 3.83. The van der Waals surface area contributed by atoms with Crippen molar-refractivity contribution in [3.8, 4) is 0 Å². The van der Waals surface area contributed by atoms with Crippen LogP contribution in [0.2, 0.25) is 0 Å². The Balaban J connectivity index is 1.41. The Hall–Kier alpha value is -2.40. The molecule has 0 unspecified atom stereocenters. The number of hydrogen-bond acceptors (Lipinski definition) is 4. The van der Waals surface area contributed by atoms with Crippen LogP contribution in [0.1, 0.15) is 60.5 Å². The molecule has 0 saturated carbocycles. The molecule has 160 valence electrons. The van der Waals surface area contributed by atoms with Gasteiger partial charge in [-0.1, -0.05) is 38.1 Å². The zero-order valence-electron chi connectivity index (χ0n) is 18.5. The van der Waals surface area contributed by atoms with Crippen molar-refractivity contribution in [1.82, 2.24) is 15.2 Å². The van der Waals surface area contributed by atoms with Crippen LogP contribution in [0.5, 0.6) is 0 Å². The summed E-state index contributed by atoms with van der Waals surface area (Å²) in [6, 6.07) is 12.9. The topological polar surface area (TPSA) is 48.5 Å². The predicted octanol–water partition coefficient (Wildman–Crippen LogP) is 4.06. The van der Waals surface area contributed by atoms with Crippen molar-refractivity contribution in [3.63, 3.8) is 0 Å². The fourth-order valence-electron chi connectivity index (χ4n) is 5.05. The van der Waals surface area contributed by atoms with Crippen LogP contribution < -0.4 is 10.2 Å². The summed E-state index contributed by atoms with van der Waals surface area (Å²) >= 11 is 0. The van der Waals surface area contributed by atoms with E-state index in [1.165, 1.54) is 36.9 Å². The maximum Gasteiger partial charge on any atom is 0.251 e. The maximum atomic E-state index is 12.0. The molecule has 1 N–H and O–H groups in total. The van der Waals surface area contributed by atoms with Gasteiger partial charge < -0.3 is 10.2 Å². The number of benzene rings is 1. The first-order valence-corrected chi connectivity index (χ1v) is 11.2. The molecule has 0 aliphatic carbocycles. The SMILES string of the molecule is CNC(=O)c1ccnc(N2CC[C@]3(CCCN(Cc4ccc(C(C)C)cc4)C3)C2)c1. The number of carbonyl (C=O) groups excluding carboxylic acids is 1. The van der Waals surface area contributed by atoms with Gasteiger partial charge in [0.25, 0.3) is 5.91 Å². The van der Waals surface area contributed by atoms with Gasteiger partial charge in [0, 0.05) is 50.4 Å². The quantitative estimate of drug-likeness (QED) is 0.814. The van der Waals surface area contributed by atoms with Crippen LogP contribution in [0.25, 0.3) is 0 Å². The van der Waals surface area contributed by atoms with Crippen molar-refractivity contribution in [2.45, 2.75) is 45.6 Å². The van der Waals surface area contributed by atoms with Gasteiger partial charge in [0.15, 0.2) is 0 Å². The lowest BCUT2D eigenvalue weighted by molar-refractivity contribution is 0.0963. The molecule has 4 rings (SSSR count). The summed E-state index contributed by atoms with van der Waals surface area (Å²) in [6.45, 7) is 9.89. The third-order valence-electron chi connectivity index (χ3n) is 6.79. The first kappa shape index (κ1) is 20.9. The van der Waals surface area contributed by atoms with E-state index in [1.54, 1.807) is 19.3 Å². The smallest absolute Gasteiger partial charge is 0.251 e. The Labute approximate surface area is 180 Å². The summed E-state index contributed by atoms with van der Waals surface area (Å²) in [5.74, 6) is 1.45. The van der Waals surface area contributed by atoms with E-state index in [0.29, 0.717) is 16.9 Å². The van der Waals surface area contributed by atoms with Crippen molar-refractivity contribution >= 4 is 11.7 Å². The Morgan fingerprint density at radius 1 is 1.13 bits per heavy atom. The van der Waals surface area contributed by atoms with E-state index in [1.807, 2.05) is 6.07 Å². The largest absolute Gasteiger partial charge is 0.356 e. The van der Waals surface area contributed by atoms with Crippen molar-refractivity contribution < 1.29 is 4.79 Å². The van der Waals surface area contributed by atoms with Crippen LogP contribution in [-0.4, -0.2) is 49.0 Å². The molecular weight excluding hydrogens is 372 g/mol. The number of rotatable bonds is 5. The number of nitrogens with one attached hydrogen (secondary N) is 1. The molecule has 2 aromatic rings. The summed E-state index contributed by atoms with van der Waals surface area (Å²) in [4.78, 5) is 21.5. The molecule has 1 atom stereocenters. The fraction of sp³-hybridized carbons (Fsp3) is 0.520. The minimum absolute atomic E-state index is 0.0557. The predicted molar refractivity (Wildman–Crippen MR) is 122 cm³/mol. The molecule has 1 aromatic carbocycles. The zero-order valence-corrected chi connectivity index (χ0v) is 18.5. The van der Waals surface area contributed by atoms with Crippen LogP contribution in [0, 0.1) is 5.41 Å². The number of carbonyl (C=O) groups is 1. The number of anilines is 1. The second-order valence-electron chi connectivity index (χ2n) is 9.36. The number of nitrogens with zero attached hydrogens (tertiary/aromatic N) is 3. The number of aromatic nitrogens is 1. The highest BCUT2D eigenvalue weighted by Crippen LogP contribution is 2.40. The Bertz CT molecular complexity index is 879. The van der Waals surface area contributed by atoms with Gasteiger partial charge >= 0.3 is 0 Å². The number of likely N-dealkylation sites (tertiary alicyclic amines) is 1. The molecule has 5 nitrogen and oxygen atoms in total. The second-order valence-corrected chi connectivity index (χ2v) is 9.36. The first-order chi connectivity index (χ1) is 14.5. The molecule has 0 bridgehead atoms. The molecule has 3 heterocycles. The molecule has 2 saturated heterocycles. The highest BCUT2D eigenvalue weighted by atomic mass is 16.1. The van der Waals surface area contributed by atoms with Gasteiger partial charge in [-0.2, -0.15) is 0 Å². The van der Waals surface area contributed by atoms with Gasteiger partial charge in [0.05, 0.1) is 0 Å². The lowest BCUT2D eigenvalue weighted by Gasteiger charge is -2.40. The molecular formula is C25H34N4O. The van der Waals surface area contributed by atoms with Crippen molar-refractivity contribution in [2.75, 3.05) is 38.1 Å². The van der Waals surface area contributed by atoms with E-state index in [-0.39, 0.29) is 5.91 Å². The first-order valence-electron chi connectivity index (χ1n) is 11.2. The van der Waals surface area contributed by atoms with Gasteiger partial charge in [-0.05, 0) is 55.0 Å². The normalized spacial score (nSPS) is 22.1. The van der Waals surface area contributed by atoms with E-state index >= 15 is 0 Å². The fourth-order valence-corrected chi connectivity index (χ4v) is 5.05. The molecule has 30 heavy (non-hydrogen) atoms. The van der Waals surface area contributed by atoms with E-state index < -0.39 is 0 Å². The lowest BCUT2D eigenvalue weighted by atomic mass is 9.79. The number of pyridine rings is 1. The van der Waals surface area contributed by atoms with Crippen molar-refractivity contribution in [2.24, 2.45) is 5.41 Å². The molecule has 1 aromatic heterocycles. The van der Waals surface area contributed by atoms with Gasteiger partial charge in [-0.3, -0.25) is 9.69 Å². The van der Waals surface area contributed by atoms with Gasteiger partial charge in [-0.25, -0.2) is 4.98 Å². The highest BCUT2D eigenvalue weighted by Gasteiger charge is 2.41. The van der Waals surface area contributed by atoms with Crippen LogP contribution >= 0.6 is 0 Å². The van der Waals surface area contributed by atoms with Crippen molar-refractivity contribution in [3.05, 3.63) is 59.3 Å². The van der Waals surface area contributed by atoms with Gasteiger partial charge in [0.2, 0.25) is 0 Å². The molecule has 0 radical (unpaired) electrons. The monoisotopic (exact) mass is 406 g/mol.